The molecule has 0 bridgehead atoms. The molecule has 2 amide bonds. The van der Waals surface area contributed by atoms with E-state index in [-0.39, 0.29) is 34.2 Å². The number of ether oxygens (including phenoxy) is 1. The lowest BCUT2D eigenvalue weighted by Crippen LogP contribution is -2.38. The minimum Gasteiger partial charge on any atom is -0.494 e. The number of aromatic nitrogens is 1. The van der Waals surface area contributed by atoms with Crippen molar-refractivity contribution in [1.82, 2.24) is 9.88 Å². The van der Waals surface area contributed by atoms with Crippen molar-refractivity contribution in [2.75, 3.05) is 35.8 Å². The number of nitrogens with two attached hydrogens (primary N) is 1. The van der Waals surface area contributed by atoms with Crippen LogP contribution in [0.3, 0.4) is 0 Å². The van der Waals surface area contributed by atoms with Gasteiger partial charge in [-0.3, -0.25) is 10.1 Å². The highest BCUT2D eigenvalue weighted by Crippen LogP contribution is 2.40. The van der Waals surface area contributed by atoms with Gasteiger partial charge in [-0.25, -0.2) is 22.6 Å². The van der Waals surface area contributed by atoms with Crippen molar-refractivity contribution >= 4 is 49.8 Å². The van der Waals surface area contributed by atoms with Gasteiger partial charge in [-0.2, -0.15) is 0 Å². The van der Waals surface area contributed by atoms with Crippen LogP contribution in [0, 0.1) is 5.82 Å². The van der Waals surface area contributed by atoms with Crippen molar-refractivity contribution in [2.45, 2.75) is 50.1 Å². The fourth-order valence-corrected chi connectivity index (χ4v) is 7.08. The van der Waals surface area contributed by atoms with E-state index in [0.717, 1.165) is 16.3 Å². The molecule has 0 aliphatic carbocycles. The number of halogens is 1. The molecular weight excluding hydrogens is 613 g/mol. The second-order valence-corrected chi connectivity index (χ2v) is 13.3. The number of rotatable bonds is 10. The molecule has 1 saturated heterocycles. The van der Waals surface area contributed by atoms with E-state index in [9.17, 15) is 23.1 Å². The molecule has 5 N–H and O–H groups in total. The molecule has 13 heteroatoms. The molecule has 1 aliphatic heterocycles. The van der Waals surface area contributed by atoms with Crippen LogP contribution in [0.1, 0.15) is 55.5 Å². The van der Waals surface area contributed by atoms with Crippen molar-refractivity contribution < 1.29 is 32.2 Å². The average Bonchev–Trinajstić information content (AvgIpc) is 3.53. The molecule has 4 aromatic rings. The van der Waals surface area contributed by atoms with Crippen molar-refractivity contribution in [3.05, 3.63) is 83.3 Å². The lowest BCUT2D eigenvalue weighted by molar-refractivity contribution is -0.133. The molecule has 46 heavy (non-hydrogen) atoms. The van der Waals surface area contributed by atoms with Crippen LogP contribution in [0.5, 0.6) is 5.75 Å². The number of likely N-dealkylation sites (tertiary alicyclic amines) is 1. The third-order valence-corrected chi connectivity index (χ3v) is 10.1. The minimum atomic E-state index is -3.75. The zero-order valence-electron chi connectivity index (χ0n) is 25.7. The van der Waals surface area contributed by atoms with Crippen molar-refractivity contribution in [2.24, 2.45) is 0 Å². The lowest BCUT2D eigenvalue weighted by Gasteiger charge is -2.32. The Kier molecular flexibility index (Phi) is 9.33. The van der Waals surface area contributed by atoms with Gasteiger partial charge in [0.15, 0.2) is 21.4 Å². The Morgan fingerprint density at radius 2 is 1.89 bits per heavy atom. The number of amides is 2. The number of hydrogen-bond donors (Lipinski definition) is 4. The number of aryl methyl sites for hydroxylation is 1. The maximum atomic E-state index is 16.1. The van der Waals surface area contributed by atoms with Crippen LogP contribution in [0.25, 0.3) is 10.8 Å². The number of nitrogen functional groups attached to an aromatic ring is 1. The van der Waals surface area contributed by atoms with Crippen molar-refractivity contribution in [3.63, 3.8) is 0 Å². The van der Waals surface area contributed by atoms with E-state index in [2.05, 4.69) is 15.6 Å². The van der Waals surface area contributed by atoms with E-state index in [1.54, 1.807) is 47.5 Å². The molecule has 0 radical (unpaired) electrons. The molecule has 1 fully saturated rings. The quantitative estimate of drug-likeness (QED) is 0.163. The van der Waals surface area contributed by atoms with E-state index in [1.165, 1.54) is 32.2 Å². The fraction of sp³-hybridized carbons (Fsp3) is 0.303. The summed E-state index contributed by atoms with van der Waals surface area (Å²) in [5.41, 5.74) is 7.86. The Hall–Kier alpha value is -4.91. The van der Waals surface area contributed by atoms with Gasteiger partial charge in [-0.15, -0.1) is 0 Å². The van der Waals surface area contributed by atoms with Crippen LogP contribution < -0.4 is 21.1 Å². The summed E-state index contributed by atoms with van der Waals surface area (Å²) in [6.07, 6.45) is 1.79. The number of fused-ring (bicyclic) bond motifs is 1. The van der Waals surface area contributed by atoms with Crippen LogP contribution in [-0.4, -0.2) is 54.8 Å². The molecule has 0 spiro atoms. The third kappa shape index (κ3) is 6.41. The highest BCUT2D eigenvalue weighted by molar-refractivity contribution is 7.91. The number of carboxylic acid groups (broad SMARTS) is 1. The summed E-state index contributed by atoms with van der Waals surface area (Å²) < 4.78 is 47.7. The first-order chi connectivity index (χ1) is 22.0. The Labute approximate surface area is 266 Å². The van der Waals surface area contributed by atoms with Gasteiger partial charge in [0.05, 0.1) is 23.8 Å². The first-order valence-electron chi connectivity index (χ1n) is 14.9. The van der Waals surface area contributed by atoms with E-state index < -0.39 is 39.7 Å². The molecule has 2 atom stereocenters. The normalized spacial score (nSPS) is 15.5. The molecule has 0 saturated carbocycles. The number of anilines is 3. The number of hydrogen-bond acceptors (Lipinski definition) is 8. The molecule has 0 unspecified atom stereocenters. The van der Waals surface area contributed by atoms with Crippen LogP contribution in [-0.2, 0) is 21.1 Å². The number of nitrogens with one attached hydrogen (secondary N) is 2. The van der Waals surface area contributed by atoms with E-state index in [0.29, 0.717) is 36.3 Å². The van der Waals surface area contributed by atoms with Gasteiger partial charge in [-0.1, -0.05) is 19.9 Å². The Bertz CT molecular complexity index is 1920. The number of sulfone groups is 1. The van der Waals surface area contributed by atoms with Gasteiger partial charge in [-0.05, 0) is 84.3 Å². The van der Waals surface area contributed by atoms with Gasteiger partial charge in [0.2, 0.25) is 5.91 Å². The van der Waals surface area contributed by atoms with E-state index in [1.807, 2.05) is 6.92 Å². The fourth-order valence-electron chi connectivity index (χ4n) is 5.94. The van der Waals surface area contributed by atoms with E-state index >= 15 is 4.39 Å². The van der Waals surface area contributed by atoms with Gasteiger partial charge in [0.25, 0.3) is 0 Å². The van der Waals surface area contributed by atoms with Crippen molar-refractivity contribution in [3.8, 4) is 5.75 Å². The summed E-state index contributed by atoms with van der Waals surface area (Å²) in [6.45, 7) is 3.70. The topological polar surface area (TPSA) is 164 Å². The summed E-state index contributed by atoms with van der Waals surface area (Å²) in [5, 5.41) is 16.3. The number of pyridine rings is 1. The highest BCUT2D eigenvalue weighted by Gasteiger charge is 2.38. The first kappa shape index (κ1) is 32.5. The molecule has 242 valence electrons. The molecule has 5 rings (SSSR count). The maximum Gasteiger partial charge on any atom is 0.409 e. The molecule has 3 aromatic carbocycles. The summed E-state index contributed by atoms with van der Waals surface area (Å²) in [5.74, 6) is -1.03. The summed E-state index contributed by atoms with van der Waals surface area (Å²) in [7, 11) is -2.39. The first-order valence-corrected chi connectivity index (χ1v) is 16.6. The lowest BCUT2D eigenvalue weighted by atomic mass is 9.98. The van der Waals surface area contributed by atoms with E-state index in [4.69, 9.17) is 10.5 Å². The number of benzene rings is 3. The van der Waals surface area contributed by atoms with Crippen molar-refractivity contribution in [1.29, 1.82) is 0 Å². The van der Waals surface area contributed by atoms with Crippen LogP contribution in [0.4, 0.5) is 26.4 Å². The zero-order chi connectivity index (χ0) is 33.2. The van der Waals surface area contributed by atoms with Crippen LogP contribution in [0.15, 0.2) is 65.7 Å². The largest absolute Gasteiger partial charge is 0.494 e. The van der Waals surface area contributed by atoms with Gasteiger partial charge >= 0.3 is 6.09 Å². The molecule has 1 aromatic heterocycles. The second kappa shape index (κ2) is 13.2. The Morgan fingerprint density at radius 1 is 1.13 bits per heavy atom. The van der Waals surface area contributed by atoms with Crippen LogP contribution >= 0.6 is 0 Å². The molecular formula is C33H36FN5O6S. The number of methoxy groups -OCH3 is 1. The Balaban J connectivity index is 1.63. The monoisotopic (exact) mass is 649 g/mol. The average molecular weight is 650 g/mol. The number of nitrogens with zero attached hydrogens (tertiary/aromatic N) is 2. The van der Waals surface area contributed by atoms with Gasteiger partial charge < -0.3 is 25.8 Å². The summed E-state index contributed by atoms with van der Waals surface area (Å²) in [6, 6.07) is 12.5. The number of carbonyl (C=O) groups excluding carboxylic acids is 1. The molecule has 1 aliphatic rings. The molecule has 11 nitrogen and oxygen atoms in total. The smallest absolute Gasteiger partial charge is 0.409 e. The SMILES string of the molecule is CCc1cc(OC)c(F)c([C@@H](Nc2ccc3c(N)nccc3c2)C(=O)N2CCC[C@@H]2c2cc(NC(=O)O)ccc2S(=O)(=O)CC)c1. The maximum absolute atomic E-state index is 16.1. The summed E-state index contributed by atoms with van der Waals surface area (Å²) >= 11 is 0. The predicted octanol–water partition coefficient (Wildman–Crippen LogP) is 5.93. The number of carbonyl (C=O) groups is 2. The predicted molar refractivity (Wildman–Crippen MR) is 174 cm³/mol. The van der Waals surface area contributed by atoms with Gasteiger partial charge in [0, 0.05) is 35.1 Å². The zero-order valence-corrected chi connectivity index (χ0v) is 26.5. The minimum absolute atomic E-state index is 0.00643. The third-order valence-electron chi connectivity index (χ3n) is 8.29. The second-order valence-electron chi connectivity index (χ2n) is 11.0. The summed E-state index contributed by atoms with van der Waals surface area (Å²) in [4.78, 5) is 31.7. The Morgan fingerprint density at radius 3 is 2.59 bits per heavy atom. The molecule has 2 heterocycles. The van der Waals surface area contributed by atoms with Crippen LogP contribution in [0.2, 0.25) is 0 Å². The highest BCUT2D eigenvalue weighted by atomic mass is 32.2. The van der Waals surface area contributed by atoms with Gasteiger partial charge in [0.1, 0.15) is 11.9 Å². The standard InChI is InChI=1S/C33H36FN5O6S/c1-4-19-15-25(29(34)27(16-19)45-3)30(37-21-8-10-23-20(17-21)12-13-36-31(23)35)32(40)39-14-6-7-26(39)24-18-22(38-33(41)42)9-11-28(24)46(43,44)5-2/h8-13,15-18,26,30,37-38H,4-7,14H2,1-3H3,(H2,35,36)(H,41,42)/t26-,30-/m1/s1.